The molecule has 4 rings (SSSR count). The van der Waals surface area contributed by atoms with Crippen molar-refractivity contribution in [2.24, 2.45) is 0 Å². The normalized spacial score (nSPS) is 28.8. The molecule has 8 nitrogen and oxygen atoms in total. The van der Waals surface area contributed by atoms with Gasteiger partial charge in [0.05, 0.1) is 12.0 Å². The molecule has 0 aromatic carbocycles. The van der Waals surface area contributed by atoms with E-state index in [2.05, 4.69) is 87.9 Å². The largest absolute Gasteiger partial charge is 0.414 e. The van der Waals surface area contributed by atoms with E-state index in [-0.39, 0.29) is 22.2 Å². The zero-order valence-electron chi connectivity index (χ0n) is 21.7. The lowest BCUT2D eigenvalue weighted by Gasteiger charge is -2.51. The van der Waals surface area contributed by atoms with Gasteiger partial charge in [-0.15, -0.1) is 0 Å². The molecule has 2 fully saturated rings. The van der Waals surface area contributed by atoms with Gasteiger partial charge in [0.25, 0.3) is 0 Å². The van der Waals surface area contributed by atoms with E-state index in [0.29, 0.717) is 17.4 Å². The standard InChI is InChI=1S/C23H37ClIN3O5Si2/c1-12(2)34(13(3)4)30-10-17-20(32-35(33-34,14(5)6)15(7)8)19(29)23(31-17)28-9-16(25)18-21(24)26-11-27-22(18)28/h9,11-15,17,19-20,23,29H,10H2,1-8H3/t17-,19-,20-,23-/m1/s1. The van der Waals surface area contributed by atoms with Crippen LogP contribution in [0.1, 0.15) is 61.6 Å². The number of aliphatic hydroxyl groups excluding tert-OH is 1. The number of fused-ring (bicyclic) bond motifs is 2. The molecule has 0 unspecified atom stereocenters. The number of aliphatic hydroxyl groups is 1. The molecular weight excluding hydrogens is 617 g/mol. The lowest BCUT2D eigenvalue weighted by molar-refractivity contribution is -0.0568. The fourth-order valence-corrected chi connectivity index (χ4v) is 18.0. The van der Waals surface area contributed by atoms with Gasteiger partial charge in [0, 0.05) is 9.77 Å². The second kappa shape index (κ2) is 10.2. The van der Waals surface area contributed by atoms with Gasteiger partial charge in [-0.1, -0.05) is 67.0 Å². The van der Waals surface area contributed by atoms with Crippen LogP contribution in [-0.2, 0) is 17.7 Å². The fourth-order valence-electron chi connectivity index (χ4n) is 5.57. The van der Waals surface area contributed by atoms with Crippen molar-refractivity contribution in [2.75, 3.05) is 6.61 Å². The third-order valence-electron chi connectivity index (χ3n) is 7.43. The summed E-state index contributed by atoms with van der Waals surface area (Å²) >= 11 is 8.57. The molecule has 35 heavy (non-hydrogen) atoms. The lowest BCUT2D eigenvalue weighted by Crippen LogP contribution is -2.65. The SMILES string of the molecule is CC(C)[Si]1(C(C)C)OC[C@H]2O[C@@H](n3cc(I)c4c(Cl)ncnc43)[C@H](O)[C@@H]2O[Si](C(C)C)(C(C)C)O1. The number of aromatic nitrogens is 3. The molecular formula is C23H37ClIN3O5Si2. The molecule has 1 N–H and O–H groups in total. The van der Waals surface area contributed by atoms with Crippen molar-refractivity contribution in [1.29, 1.82) is 0 Å². The van der Waals surface area contributed by atoms with Crippen LogP contribution in [0.2, 0.25) is 27.3 Å². The van der Waals surface area contributed by atoms with E-state index < -0.39 is 41.7 Å². The maximum absolute atomic E-state index is 11.6. The van der Waals surface area contributed by atoms with Crippen LogP contribution in [0.5, 0.6) is 0 Å². The first-order chi connectivity index (χ1) is 16.4. The summed E-state index contributed by atoms with van der Waals surface area (Å²) in [5.74, 6) is 0. The Morgan fingerprint density at radius 1 is 1.03 bits per heavy atom. The Bertz CT molecular complexity index is 1050. The minimum atomic E-state index is -2.86. The zero-order valence-corrected chi connectivity index (χ0v) is 26.6. The summed E-state index contributed by atoms with van der Waals surface area (Å²) in [5.41, 5.74) is 1.43. The number of hydrogen-bond donors (Lipinski definition) is 1. The van der Waals surface area contributed by atoms with Gasteiger partial charge in [-0.05, 0) is 44.8 Å². The van der Waals surface area contributed by atoms with Gasteiger partial charge >= 0.3 is 17.1 Å². The molecule has 4 heterocycles. The summed E-state index contributed by atoms with van der Waals surface area (Å²) in [6.07, 6.45) is 0.700. The average Bonchev–Trinajstić information content (AvgIpc) is 3.24. The van der Waals surface area contributed by atoms with E-state index in [1.54, 1.807) is 0 Å². The number of hydrogen-bond acceptors (Lipinski definition) is 7. The summed E-state index contributed by atoms with van der Waals surface area (Å²) in [4.78, 5) is 8.55. The molecule has 2 aromatic rings. The topological polar surface area (TPSA) is 87.9 Å². The third kappa shape index (κ3) is 4.56. The minimum Gasteiger partial charge on any atom is -0.414 e. The molecule has 0 amide bonds. The van der Waals surface area contributed by atoms with E-state index >= 15 is 0 Å². The van der Waals surface area contributed by atoms with Crippen LogP contribution in [0.3, 0.4) is 0 Å². The summed E-state index contributed by atoms with van der Waals surface area (Å²) in [7, 11) is -5.54. The second-order valence-corrected chi connectivity index (χ2v) is 21.2. The number of nitrogens with zero attached hydrogens (tertiary/aromatic N) is 3. The maximum atomic E-state index is 11.6. The van der Waals surface area contributed by atoms with Crippen molar-refractivity contribution in [3.05, 3.63) is 21.2 Å². The van der Waals surface area contributed by atoms with Crippen molar-refractivity contribution in [2.45, 2.75) is 102 Å². The fraction of sp³-hybridized carbons (Fsp3) is 0.739. The molecule has 196 valence electrons. The molecule has 0 spiro atoms. The molecule has 4 atom stereocenters. The van der Waals surface area contributed by atoms with Gasteiger partial charge in [-0.2, -0.15) is 0 Å². The Kier molecular flexibility index (Phi) is 8.14. The van der Waals surface area contributed by atoms with E-state index in [4.69, 9.17) is 29.3 Å². The Labute approximate surface area is 228 Å². The third-order valence-corrected chi connectivity index (χ3v) is 18.8. The molecule has 0 saturated carbocycles. The zero-order chi connectivity index (χ0) is 25.9. The van der Waals surface area contributed by atoms with Crippen molar-refractivity contribution in [1.82, 2.24) is 14.5 Å². The number of halogens is 2. The molecule has 0 bridgehead atoms. The maximum Gasteiger partial charge on any atom is 0.335 e. The van der Waals surface area contributed by atoms with E-state index in [9.17, 15) is 5.11 Å². The Morgan fingerprint density at radius 3 is 2.20 bits per heavy atom. The lowest BCUT2D eigenvalue weighted by atomic mass is 10.1. The van der Waals surface area contributed by atoms with Gasteiger partial charge in [-0.3, -0.25) is 0 Å². The van der Waals surface area contributed by atoms with E-state index in [1.165, 1.54) is 6.33 Å². The first kappa shape index (κ1) is 27.9. The second-order valence-electron chi connectivity index (χ2n) is 10.9. The van der Waals surface area contributed by atoms with Gasteiger partial charge < -0.3 is 27.4 Å². The summed E-state index contributed by atoms with van der Waals surface area (Å²) in [6, 6.07) is 0. The van der Waals surface area contributed by atoms with Crippen LogP contribution in [0, 0.1) is 3.57 Å². The van der Waals surface area contributed by atoms with Crippen LogP contribution in [0.25, 0.3) is 11.0 Å². The highest BCUT2D eigenvalue weighted by Crippen LogP contribution is 2.48. The predicted octanol–water partition coefficient (Wildman–Crippen LogP) is 5.90. The first-order valence-electron chi connectivity index (χ1n) is 12.4. The van der Waals surface area contributed by atoms with Gasteiger partial charge in [-0.25, -0.2) is 9.97 Å². The highest BCUT2D eigenvalue weighted by molar-refractivity contribution is 14.1. The van der Waals surface area contributed by atoms with Crippen LogP contribution in [0.15, 0.2) is 12.5 Å². The predicted molar refractivity (Wildman–Crippen MR) is 149 cm³/mol. The van der Waals surface area contributed by atoms with Crippen molar-refractivity contribution in [3.63, 3.8) is 0 Å². The Morgan fingerprint density at radius 2 is 1.63 bits per heavy atom. The smallest absolute Gasteiger partial charge is 0.335 e. The van der Waals surface area contributed by atoms with Crippen molar-refractivity contribution in [3.8, 4) is 0 Å². The quantitative estimate of drug-likeness (QED) is 0.244. The molecule has 2 aliphatic rings. The number of ether oxygens (including phenoxy) is 1. The minimum absolute atomic E-state index is 0.167. The molecule has 0 radical (unpaired) electrons. The van der Waals surface area contributed by atoms with Gasteiger partial charge in [0.15, 0.2) is 6.23 Å². The van der Waals surface area contributed by atoms with E-state index in [1.807, 2.05) is 10.8 Å². The monoisotopic (exact) mass is 653 g/mol. The van der Waals surface area contributed by atoms with Crippen LogP contribution >= 0.6 is 34.2 Å². The van der Waals surface area contributed by atoms with Crippen LogP contribution in [-0.4, -0.2) is 61.7 Å². The molecule has 12 heteroatoms. The summed E-state index contributed by atoms with van der Waals surface area (Å²) in [5, 5.41) is 12.7. The highest BCUT2D eigenvalue weighted by Gasteiger charge is 2.61. The first-order valence-corrected chi connectivity index (χ1v) is 17.8. The molecule has 0 aliphatic carbocycles. The Hall–Kier alpha value is -0.126. The number of rotatable bonds is 5. The highest BCUT2D eigenvalue weighted by atomic mass is 127. The van der Waals surface area contributed by atoms with Crippen LogP contribution < -0.4 is 0 Å². The van der Waals surface area contributed by atoms with Crippen LogP contribution in [0.4, 0.5) is 0 Å². The average molecular weight is 654 g/mol. The molecule has 2 aromatic heterocycles. The molecule has 2 aliphatic heterocycles. The van der Waals surface area contributed by atoms with Gasteiger partial charge in [0.1, 0.15) is 35.4 Å². The Balaban J connectivity index is 1.79. The van der Waals surface area contributed by atoms with Crippen molar-refractivity contribution >= 4 is 62.3 Å². The van der Waals surface area contributed by atoms with Crippen molar-refractivity contribution < 1.29 is 22.8 Å². The summed E-state index contributed by atoms with van der Waals surface area (Å²) in [6.45, 7) is 17.8. The van der Waals surface area contributed by atoms with E-state index in [0.717, 1.165) is 8.96 Å². The molecule has 2 saturated heterocycles. The summed E-state index contributed by atoms with van der Waals surface area (Å²) < 4.78 is 30.3. The van der Waals surface area contributed by atoms with Gasteiger partial charge in [0.2, 0.25) is 0 Å².